The van der Waals surface area contributed by atoms with Crippen molar-refractivity contribution in [2.45, 2.75) is 13.0 Å². The van der Waals surface area contributed by atoms with Gasteiger partial charge in [-0.2, -0.15) is 0 Å². The lowest BCUT2D eigenvalue weighted by Crippen LogP contribution is -2.51. The first-order valence-corrected chi connectivity index (χ1v) is 7.22. The van der Waals surface area contributed by atoms with Crippen LogP contribution in [0.25, 0.3) is 11.0 Å². The number of fused-ring (bicyclic) bond motifs is 1. The maximum absolute atomic E-state index is 10.8. The van der Waals surface area contributed by atoms with Gasteiger partial charge in [-0.15, -0.1) is 0 Å². The number of hydrogen-bond donors (Lipinski definition) is 1. The van der Waals surface area contributed by atoms with Gasteiger partial charge in [0.2, 0.25) is 0 Å². The van der Waals surface area contributed by atoms with Gasteiger partial charge in [0.1, 0.15) is 5.82 Å². The number of aromatic carboxylic acids is 1. The normalized spacial score (nSPS) is 11.0. The lowest BCUT2D eigenvalue weighted by Gasteiger charge is -2.10. The summed E-state index contributed by atoms with van der Waals surface area (Å²) in [5, 5.41) is 10.8. The van der Waals surface area contributed by atoms with Gasteiger partial charge >= 0.3 is 0 Å². The van der Waals surface area contributed by atoms with E-state index in [4.69, 9.17) is 0 Å². The Hall–Kier alpha value is -2.66. The highest BCUT2D eigenvalue weighted by Crippen LogP contribution is 2.18. The van der Waals surface area contributed by atoms with E-state index in [0.717, 1.165) is 35.4 Å². The summed E-state index contributed by atoms with van der Waals surface area (Å²) in [5.74, 6) is -0.155. The van der Waals surface area contributed by atoms with Crippen LogP contribution in [0.15, 0.2) is 48.5 Å². The molecule has 0 radical (unpaired) electrons. The molecule has 3 N–H and O–H groups in total. The fourth-order valence-electron chi connectivity index (χ4n) is 2.58. The molecule has 0 aliphatic carbocycles. The summed E-state index contributed by atoms with van der Waals surface area (Å²) in [6.07, 6.45) is 0.811. The first-order chi connectivity index (χ1) is 10.7. The average Bonchev–Trinajstić information content (AvgIpc) is 2.86. The molecule has 0 aliphatic heterocycles. The van der Waals surface area contributed by atoms with E-state index in [1.165, 1.54) is 0 Å². The van der Waals surface area contributed by atoms with Crippen LogP contribution in [0.1, 0.15) is 21.7 Å². The third-order valence-corrected chi connectivity index (χ3v) is 3.66. The Morgan fingerprint density at radius 2 is 1.86 bits per heavy atom. The molecule has 5 nitrogen and oxygen atoms in total. The number of quaternary nitrogens is 1. The van der Waals surface area contributed by atoms with Crippen molar-refractivity contribution in [1.29, 1.82) is 0 Å². The SMILES string of the molecule is [NH3+]CCc1nc2ccccc2n1Cc1ccc(C(=O)[O-])cc1. The van der Waals surface area contributed by atoms with Crippen molar-refractivity contribution < 1.29 is 15.6 Å². The van der Waals surface area contributed by atoms with Crippen LogP contribution in [-0.2, 0) is 13.0 Å². The predicted octanol–water partition coefficient (Wildman–Crippen LogP) is 0.232. The van der Waals surface area contributed by atoms with Crippen LogP contribution in [0.2, 0.25) is 0 Å². The first-order valence-electron chi connectivity index (χ1n) is 7.22. The number of carboxylic acids is 1. The van der Waals surface area contributed by atoms with Gasteiger partial charge in [-0.25, -0.2) is 4.98 Å². The Balaban J connectivity index is 1.98. The van der Waals surface area contributed by atoms with Gasteiger partial charge in [0.25, 0.3) is 0 Å². The van der Waals surface area contributed by atoms with Crippen LogP contribution in [0, 0.1) is 0 Å². The molecule has 3 rings (SSSR count). The second-order valence-electron chi connectivity index (χ2n) is 5.19. The van der Waals surface area contributed by atoms with E-state index in [-0.39, 0.29) is 5.56 Å². The zero-order valence-electron chi connectivity index (χ0n) is 12.2. The minimum Gasteiger partial charge on any atom is -0.545 e. The van der Waals surface area contributed by atoms with Gasteiger partial charge in [0.05, 0.1) is 30.0 Å². The number of para-hydroxylation sites is 2. The molecule has 22 heavy (non-hydrogen) atoms. The van der Waals surface area contributed by atoms with Gasteiger partial charge in [-0.3, -0.25) is 0 Å². The Bertz CT molecular complexity index is 806. The Morgan fingerprint density at radius 1 is 1.14 bits per heavy atom. The first kappa shape index (κ1) is 14.3. The fraction of sp³-hybridized carbons (Fsp3) is 0.176. The molecular weight excluding hydrogens is 278 g/mol. The van der Waals surface area contributed by atoms with Crippen molar-refractivity contribution in [3.05, 3.63) is 65.5 Å². The molecule has 0 amide bonds. The summed E-state index contributed by atoms with van der Waals surface area (Å²) in [4.78, 5) is 15.5. The van der Waals surface area contributed by atoms with Crippen molar-refractivity contribution in [2.75, 3.05) is 6.54 Å². The number of carbonyl (C=O) groups is 1. The summed E-state index contributed by atoms with van der Waals surface area (Å²) in [6, 6.07) is 14.8. The second-order valence-corrected chi connectivity index (χ2v) is 5.19. The minimum absolute atomic E-state index is 0.192. The number of rotatable bonds is 5. The number of benzene rings is 2. The summed E-state index contributed by atoms with van der Waals surface area (Å²) < 4.78 is 2.16. The van der Waals surface area contributed by atoms with E-state index in [0.29, 0.717) is 6.54 Å². The van der Waals surface area contributed by atoms with Crippen LogP contribution in [-0.4, -0.2) is 22.1 Å². The third kappa shape index (κ3) is 2.71. The molecule has 0 fully saturated rings. The number of carbonyl (C=O) groups excluding carboxylic acids is 1. The smallest absolute Gasteiger partial charge is 0.115 e. The molecule has 5 heteroatoms. The number of hydrogen-bond acceptors (Lipinski definition) is 3. The van der Waals surface area contributed by atoms with E-state index in [9.17, 15) is 9.90 Å². The van der Waals surface area contributed by atoms with Gasteiger partial charge in [-0.1, -0.05) is 36.4 Å². The van der Waals surface area contributed by atoms with Gasteiger partial charge in [0.15, 0.2) is 0 Å². The molecular formula is C17H17N3O2. The molecule has 0 atom stereocenters. The zero-order chi connectivity index (χ0) is 15.5. The fourth-order valence-corrected chi connectivity index (χ4v) is 2.58. The molecule has 1 heterocycles. The molecule has 0 saturated heterocycles. The van der Waals surface area contributed by atoms with E-state index in [1.807, 2.05) is 36.4 Å². The molecule has 0 saturated carbocycles. The number of nitrogens with zero attached hydrogens (tertiary/aromatic N) is 2. The van der Waals surface area contributed by atoms with Gasteiger partial charge < -0.3 is 20.2 Å². The van der Waals surface area contributed by atoms with Crippen LogP contribution < -0.4 is 10.8 Å². The Labute approximate surface area is 128 Å². The minimum atomic E-state index is -1.16. The number of aromatic nitrogens is 2. The molecule has 3 aromatic rings. The molecule has 0 bridgehead atoms. The largest absolute Gasteiger partial charge is 0.545 e. The molecule has 0 aliphatic rings. The highest BCUT2D eigenvalue weighted by molar-refractivity contribution is 5.85. The van der Waals surface area contributed by atoms with E-state index < -0.39 is 5.97 Å². The lowest BCUT2D eigenvalue weighted by atomic mass is 10.1. The topological polar surface area (TPSA) is 85.6 Å². The summed E-state index contributed by atoms with van der Waals surface area (Å²) in [5.41, 5.74) is 7.17. The van der Waals surface area contributed by atoms with Gasteiger partial charge in [0, 0.05) is 6.54 Å². The maximum atomic E-state index is 10.8. The van der Waals surface area contributed by atoms with E-state index in [2.05, 4.69) is 15.3 Å². The van der Waals surface area contributed by atoms with Crippen LogP contribution in [0.4, 0.5) is 0 Å². The quantitative estimate of drug-likeness (QED) is 0.731. The zero-order valence-corrected chi connectivity index (χ0v) is 12.2. The Morgan fingerprint density at radius 3 is 2.55 bits per heavy atom. The monoisotopic (exact) mass is 295 g/mol. The Kier molecular flexibility index (Phi) is 3.89. The van der Waals surface area contributed by atoms with Crippen LogP contribution in [0.3, 0.4) is 0 Å². The molecule has 112 valence electrons. The third-order valence-electron chi connectivity index (χ3n) is 3.66. The van der Waals surface area contributed by atoms with Crippen LogP contribution >= 0.6 is 0 Å². The number of carboxylic acid groups (broad SMARTS) is 1. The van der Waals surface area contributed by atoms with Gasteiger partial charge in [-0.05, 0) is 23.3 Å². The number of imidazole rings is 1. The van der Waals surface area contributed by atoms with E-state index in [1.54, 1.807) is 12.1 Å². The summed E-state index contributed by atoms with van der Waals surface area (Å²) in [7, 11) is 0. The highest BCUT2D eigenvalue weighted by atomic mass is 16.4. The van der Waals surface area contributed by atoms with Crippen molar-refractivity contribution in [3.8, 4) is 0 Å². The molecule has 0 unspecified atom stereocenters. The summed E-state index contributed by atoms with van der Waals surface area (Å²) >= 11 is 0. The molecule has 1 aromatic heterocycles. The highest BCUT2D eigenvalue weighted by Gasteiger charge is 2.10. The summed E-state index contributed by atoms with van der Waals surface area (Å²) in [6.45, 7) is 1.44. The van der Waals surface area contributed by atoms with Crippen molar-refractivity contribution in [1.82, 2.24) is 9.55 Å². The average molecular weight is 295 g/mol. The second kappa shape index (κ2) is 5.99. The predicted molar refractivity (Wildman–Crippen MR) is 81.1 cm³/mol. The maximum Gasteiger partial charge on any atom is 0.115 e. The standard InChI is InChI=1S/C17H17N3O2/c18-10-9-16-19-14-3-1-2-4-15(14)20(16)11-12-5-7-13(8-6-12)17(21)22/h1-8H,9-11,18H2,(H,21,22). The molecule has 0 spiro atoms. The lowest BCUT2D eigenvalue weighted by molar-refractivity contribution is -0.366. The van der Waals surface area contributed by atoms with Crippen molar-refractivity contribution in [3.63, 3.8) is 0 Å². The van der Waals surface area contributed by atoms with Crippen molar-refractivity contribution >= 4 is 17.0 Å². The van der Waals surface area contributed by atoms with E-state index >= 15 is 0 Å². The molecule has 2 aromatic carbocycles. The van der Waals surface area contributed by atoms with Crippen LogP contribution in [0.5, 0.6) is 0 Å². The van der Waals surface area contributed by atoms with Crippen molar-refractivity contribution in [2.24, 2.45) is 0 Å².